The van der Waals surface area contributed by atoms with E-state index in [1.807, 2.05) is 4.90 Å². The number of likely N-dealkylation sites (tertiary alicyclic amines) is 1. The quantitative estimate of drug-likeness (QED) is 0.689. The minimum atomic E-state index is -0.189. The smallest absolute Gasteiger partial charge is 0.251 e. The maximum Gasteiger partial charge on any atom is 0.251 e. The van der Waals surface area contributed by atoms with Gasteiger partial charge in [-0.15, -0.1) is 0 Å². The second-order valence-corrected chi connectivity index (χ2v) is 8.77. The van der Waals surface area contributed by atoms with Crippen LogP contribution in [0.25, 0.3) is 0 Å². The Morgan fingerprint density at radius 2 is 1.90 bits per heavy atom. The van der Waals surface area contributed by atoms with Crippen molar-refractivity contribution in [3.63, 3.8) is 0 Å². The largest absolute Gasteiger partial charge is 0.493 e. The maximum absolute atomic E-state index is 12.7. The summed E-state index contributed by atoms with van der Waals surface area (Å²) in [7, 11) is 1.54. The normalized spacial score (nSPS) is 17.3. The van der Waals surface area contributed by atoms with E-state index in [2.05, 4.69) is 19.2 Å². The first-order chi connectivity index (χ1) is 13.9. The minimum absolute atomic E-state index is 0.0532. The highest BCUT2D eigenvalue weighted by Gasteiger charge is 2.35. The van der Waals surface area contributed by atoms with Gasteiger partial charge in [-0.1, -0.05) is 25.4 Å². The molecule has 1 aliphatic heterocycles. The maximum atomic E-state index is 12.7. The summed E-state index contributed by atoms with van der Waals surface area (Å²) in [6.07, 6.45) is 4.49. The van der Waals surface area contributed by atoms with Crippen molar-refractivity contribution < 1.29 is 19.1 Å². The third kappa shape index (κ3) is 5.78. The van der Waals surface area contributed by atoms with Crippen molar-refractivity contribution in [2.75, 3.05) is 26.8 Å². The molecular formula is C22H31ClN2O4. The Morgan fingerprint density at radius 1 is 1.21 bits per heavy atom. The van der Waals surface area contributed by atoms with Crippen LogP contribution >= 0.6 is 11.6 Å². The number of methoxy groups -OCH3 is 1. The molecule has 160 valence electrons. The number of rotatable bonds is 8. The molecule has 7 heteroatoms. The number of halogens is 1. The molecule has 1 aliphatic carbocycles. The van der Waals surface area contributed by atoms with Gasteiger partial charge in [0.15, 0.2) is 11.5 Å². The molecule has 29 heavy (non-hydrogen) atoms. The SMILES string of the molecule is COc1cc(C(=O)NC2CCN(C(=O)C3CC3)CC2)cc(Cl)c1OCCC(C)C. The first-order valence-electron chi connectivity index (χ1n) is 10.5. The average Bonchev–Trinajstić information content (AvgIpc) is 3.54. The summed E-state index contributed by atoms with van der Waals surface area (Å²) in [6, 6.07) is 3.34. The zero-order valence-corrected chi connectivity index (χ0v) is 18.3. The first kappa shape index (κ1) is 21.8. The molecule has 3 rings (SSSR count). The van der Waals surface area contributed by atoms with Crippen molar-refractivity contribution in [1.82, 2.24) is 10.2 Å². The highest BCUT2D eigenvalue weighted by atomic mass is 35.5. The van der Waals surface area contributed by atoms with Crippen LogP contribution in [0, 0.1) is 11.8 Å². The van der Waals surface area contributed by atoms with Crippen molar-refractivity contribution in [3.05, 3.63) is 22.7 Å². The van der Waals surface area contributed by atoms with Gasteiger partial charge in [-0.2, -0.15) is 0 Å². The Labute approximate surface area is 177 Å². The van der Waals surface area contributed by atoms with Gasteiger partial charge in [0.25, 0.3) is 5.91 Å². The van der Waals surface area contributed by atoms with E-state index < -0.39 is 0 Å². The van der Waals surface area contributed by atoms with Crippen LogP contribution in [0.3, 0.4) is 0 Å². The Bertz CT molecular complexity index is 741. The summed E-state index contributed by atoms with van der Waals surface area (Å²) in [4.78, 5) is 26.8. The highest BCUT2D eigenvalue weighted by Crippen LogP contribution is 2.37. The first-order valence-corrected chi connectivity index (χ1v) is 10.9. The molecule has 1 aromatic rings. The lowest BCUT2D eigenvalue weighted by atomic mass is 10.0. The summed E-state index contributed by atoms with van der Waals surface area (Å²) in [5.41, 5.74) is 0.444. The summed E-state index contributed by atoms with van der Waals surface area (Å²) in [5.74, 6) is 1.78. The second kappa shape index (κ2) is 9.70. The summed E-state index contributed by atoms with van der Waals surface area (Å²) >= 11 is 6.38. The third-order valence-electron chi connectivity index (χ3n) is 5.50. The van der Waals surface area contributed by atoms with Crippen LogP contribution in [0.5, 0.6) is 11.5 Å². The fourth-order valence-electron chi connectivity index (χ4n) is 3.49. The van der Waals surface area contributed by atoms with Crippen LogP contribution < -0.4 is 14.8 Å². The van der Waals surface area contributed by atoms with Crippen LogP contribution in [0.2, 0.25) is 5.02 Å². The van der Waals surface area contributed by atoms with Crippen molar-refractivity contribution in [2.45, 2.75) is 52.0 Å². The van der Waals surface area contributed by atoms with Crippen molar-refractivity contribution in [1.29, 1.82) is 0 Å². The van der Waals surface area contributed by atoms with E-state index >= 15 is 0 Å². The Hall–Kier alpha value is -1.95. The molecule has 0 atom stereocenters. The van der Waals surface area contributed by atoms with E-state index in [-0.39, 0.29) is 23.8 Å². The van der Waals surface area contributed by atoms with Gasteiger partial charge in [0, 0.05) is 30.6 Å². The summed E-state index contributed by atoms with van der Waals surface area (Å²) in [6.45, 7) is 6.20. The molecular weight excluding hydrogens is 392 g/mol. The average molecular weight is 423 g/mol. The van der Waals surface area contributed by atoms with Crippen LogP contribution in [0.1, 0.15) is 56.3 Å². The van der Waals surface area contributed by atoms with Crippen molar-refractivity contribution >= 4 is 23.4 Å². The van der Waals surface area contributed by atoms with Gasteiger partial charge in [0.1, 0.15) is 0 Å². The monoisotopic (exact) mass is 422 g/mol. The molecule has 0 spiro atoms. The summed E-state index contributed by atoms with van der Waals surface area (Å²) in [5, 5.41) is 3.43. The number of amides is 2. The Balaban J connectivity index is 1.57. The Morgan fingerprint density at radius 3 is 2.48 bits per heavy atom. The number of hydrogen-bond acceptors (Lipinski definition) is 4. The number of nitrogens with one attached hydrogen (secondary N) is 1. The van der Waals surface area contributed by atoms with Crippen LogP contribution in [0.4, 0.5) is 0 Å². The topological polar surface area (TPSA) is 67.9 Å². The molecule has 1 saturated carbocycles. The van der Waals surface area contributed by atoms with E-state index in [9.17, 15) is 9.59 Å². The lowest BCUT2D eigenvalue weighted by Gasteiger charge is -2.32. The third-order valence-corrected chi connectivity index (χ3v) is 5.78. The predicted molar refractivity (Wildman–Crippen MR) is 113 cm³/mol. The lowest BCUT2D eigenvalue weighted by molar-refractivity contribution is -0.133. The van der Waals surface area contributed by atoms with Crippen LogP contribution in [0.15, 0.2) is 12.1 Å². The Kier molecular flexibility index (Phi) is 7.28. The number of nitrogens with zero attached hydrogens (tertiary/aromatic N) is 1. The number of benzene rings is 1. The minimum Gasteiger partial charge on any atom is -0.493 e. The molecule has 6 nitrogen and oxygen atoms in total. The van der Waals surface area contributed by atoms with Gasteiger partial charge in [-0.25, -0.2) is 0 Å². The van der Waals surface area contributed by atoms with Gasteiger partial charge < -0.3 is 19.7 Å². The van der Waals surface area contributed by atoms with Gasteiger partial charge in [-0.05, 0) is 50.2 Å². The second-order valence-electron chi connectivity index (χ2n) is 8.37. The van der Waals surface area contributed by atoms with Gasteiger partial charge in [0.05, 0.1) is 18.7 Å². The van der Waals surface area contributed by atoms with Gasteiger partial charge in [0.2, 0.25) is 5.91 Å². The van der Waals surface area contributed by atoms with Gasteiger partial charge >= 0.3 is 0 Å². The molecule has 2 amide bonds. The van der Waals surface area contributed by atoms with Crippen LogP contribution in [-0.4, -0.2) is 49.6 Å². The number of carbonyl (C=O) groups excluding carboxylic acids is 2. The number of carbonyl (C=O) groups is 2. The molecule has 1 N–H and O–H groups in total. The molecule has 1 heterocycles. The summed E-state index contributed by atoms with van der Waals surface area (Å²) < 4.78 is 11.2. The fourth-order valence-corrected chi connectivity index (χ4v) is 3.75. The zero-order chi connectivity index (χ0) is 21.0. The molecule has 0 aromatic heterocycles. The molecule has 1 saturated heterocycles. The number of hydrogen-bond donors (Lipinski definition) is 1. The van der Waals surface area contributed by atoms with E-state index in [1.165, 1.54) is 7.11 Å². The van der Waals surface area contributed by atoms with E-state index in [0.29, 0.717) is 47.7 Å². The fraction of sp³-hybridized carbons (Fsp3) is 0.636. The van der Waals surface area contributed by atoms with E-state index in [0.717, 1.165) is 32.1 Å². The highest BCUT2D eigenvalue weighted by molar-refractivity contribution is 6.32. The zero-order valence-electron chi connectivity index (χ0n) is 17.5. The van der Waals surface area contributed by atoms with Crippen molar-refractivity contribution in [3.8, 4) is 11.5 Å². The lowest BCUT2D eigenvalue weighted by Crippen LogP contribution is -2.47. The van der Waals surface area contributed by atoms with Gasteiger partial charge in [-0.3, -0.25) is 9.59 Å². The molecule has 2 fully saturated rings. The molecule has 1 aromatic carbocycles. The number of ether oxygens (including phenoxy) is 2. The van der Waals surface area contributed by atoms with Crippen LogP contribution in [-0.2, 0) is 4.79 Å². The molecule has 2 aliphatic rings. The standard InChI is InChI=1S/C22H31ClN2O4/c1-14(2)8-11-29-20-18(23)12-16(13-19(20)28-3)21(26)24-17-6-9-25(10-7-17)22(27)15-4-5-15/h12-15,17H,4-11H2,1-3H3,(H,24,26). The van der Waals surface area contributed by atoms with Crippen molar-refractivity contribution in [2.24, 2.45) is 11.8 Å². The molecule has 0 bridgehead atoms. The van der Waals surface area contributed by atoms with E-state index in [1.54, 1.807) is 12.1 Å². The molecule has 0 radical (unpaired) electrons. The number of piperidine rings is 1. The van der Waals surface area contributed by atoms with E-state index in [4.69, 9.17) is 21.1 Å². The predicted octanol–water partition coefficient (Wildman–Crippen LogP) is 3.90. The molecule has 0 unspecified atom stereocenters.